The summed E-state index contributed by atoms with van der Waals surface area (Å²) in [5, 5.41) is 14.9. The van der Waals surface area contributed by atoms with E-state index < -0.39 is 0 Å². The molecule has 0 spiro atoms. The van der Waals surface area contributed by atoms with E-state index in [9.17, 15) is 4.79 Å². The Balaban J connectivity index is 1.65. The van der Waals surface area contributed by atoms with E-state index in [-0.39, 0.29) is 11.8 Å². The lowest BCUT2D eigenvalue weighted by molar-refractivity contribution is -0.116. The Bertz CT molecular complexity index is 909. The number of hydrogen-bond donors (Lipinski definition) is 2. The van der Waals surface area contributed by atoms with Gasteiger partial charge < -0.3 is 5.32 Å². The van der Waals surface area contributed by atoms with Gasteiger partial charge in [-0.2, -0.15) is 10.2 Å². The minimum Gasteiger partial charge on any atom is -0.309 e. The van der Waals surface area contributed by atoms with Crippen LogP contribution >= 0.6 is 0 Å². The van der Waals surface area contributed by atoms with Gasteiger partial charge in [-0.25, -0.2) is 0 Å². The van der Waals surface area contributed by atoms with Crippen LogP contribution in [0.15, 0.2) is 36.4 Å². The third-order valence-electron chi connectivity index (χ3n) is 4.76. The number of hydrogen-bond acceptors (Lipinski definition) is 3. The van der Waals surface area contributed by atoms with Crippen LogP contribution in [0.4, 0.5) is 5.82 Å². The van der Waals surface area contributed by atoms with Crippen molar-refractivity contribution in [1.82, 2.24) is 20.0 Å². The second kappa shape index (κ2) is 6.20. The average Bonchev–Trinajstić information content (AvgIpc) is 3.16. The standard InChI is InChI=1S/C19H21N5O/c1-12-10-13(2)24(23-12)9-8-15-11-16(25)20-19-17(15)18(21-22-19)14-6-4-3-5-7-14/h3-7,10,15H,8-9,11H2,1-2H3,(H2,20,21,22,25)/t15-/m0/s1. The van der Waals surface area contributed by atoms with Gasteiger partial charge in [0, 0.05) is 30.1 Å². The third kappa shape index (κ3) is 2.95. The molecule has 1 aliphatic heterocycles. The molecule has 0 unspecified atom stereocenters. The van der Waals surface area contributed by atoms with E-state index in [0.717, 1.165) is 41.2 Å². The van der Waals surface area contributed by atoms with Crippen molar-refractivity contribution in [3.8, 4) is 11.3 Å². The van der Waals surface area contributed by atoms with Crippen molar-refractivity contribution in [3.63, 3.8) is 0 Å². The largest absolute Gasteiger partial charge is 0.309 e. The van der Waals surface area contributed by atoms with Crippen LogP contribution in [0.2, 0.25) is 0 Å². The highest BCUT2D eigenvalue weighted by atomic mass is 16.1. The average molecular weight is 335 g/mol. The maximum absolute atomic E-state index is 12.1. The molecule has 1 aromatic carbocycles. The lowest BCUT2D eigenvalue weighted by Gasteiger charge is -2.23. The fourth-order valence-electron chi connectivity index (χ4n) is 3.60. The Morgan fingerprint density at radius 1 is 1.24 bits per heavy atom. The van der Waals surface area contributed by atoms with Gasteiger partial charge in [-0.1, -0.05) is 30.3 Å². The molecule has 1 amide bonds. The Morgan fingerprint density at radius 3 is 2.76 bits per heavy atom. The number of amides is 1. The molecule has 4 rings (SSSR count). The molecule has 0 saturated heterocycles. The summed E-state index contributed by atoms with van der Waals surface area (Å²) in [5.41, 5.74) is 5.35. The number of nitrogens with one attached hydrogen (secondary N) is 2. The van der Waals surface area contributed by atoms with Crippen molar-refractivity contribution < 1.29 is 4.79 Å². The molecule has 0 fully saturated rings. The number of aromatic amines is 1. The first kappa shape index (κ1) is 15.6. The summed E-state index contributed by atoms with van der Waals surface area (Å²) in [6, 6.07) is 12.2. The Kier molecular flexibility index (Phi) is 3.87. The van der Waals surface area contributed by atoms with Gasteiger partial charge >= 0.3 is 0 Å². The molecule has 1 aliphatic rings. The molecule has 0 radical (unpaired) electrons. The lowest BCUT2D eigenvalue weighted by Crippen LogP contribution is -2.23. The summed E-state index contributed by atoms with van der Waals surface area (Å²) in [6.45, 7) is 4.85. The predicted molar refractivity (Wildman–Crippen MR) is 96.3 cm³/mol. The van der Waals surface area contributed by atoms with Crippen LogP contribution < -0.4 is 5.32 Å². The third-order valence-corrected chi connectivity index (χ3v) is 4.76. The van der Waals surface area contributed by atoms with E-state index in [2.05, 4.69) is 45.7 Å². The molecule has 6 heteroatoms. The van der Waals surface area contributed by atoms with Crippen molar-refractivity contribution >= 4 is 11.7 Å². The maximum atomic E-state index is 12.1. The zero-order valence-electron chi connectivity index (χ0n) is 14.4. The minimum atomic E-state index is 0.0250. The first-order valence-corrected chi connectivity index (χ1v) is 8.56. The Hall–Kier alpha value is -2.89. The Labute approximate surface area is 146 Å². The molecule has 3 heterocycles. The van der Waals surface area contributed by atoms with Crippen LogP contribution in [-0.2, 0) is 11.3 Å². The highest BCUT2D eigenvalue weighted by molar-refractivity contribution is 5.95. The number of H-pyrrole nitrogens is 1. The fourth-order valence-corrected chi connectivity index (χ4v) is 3.60. The highest BCUT2D eigenvalue weighted by Gasteiger charge is 2.30. The van der Waals surface area contributed by atoms with Gasteiger partial charge in [0.05, 0.1) is 11.4 Å². The van der Waals surface area contributed by atoms with Gasteiger partial charge in [0.2, 0.25) is 5.91 Å². The molecular weight excluding hydrogens is 314 g/mol. The molecule has 3 aromatic rings. The molecule has 0 saturated carbocycles. The smallest absolute Gasteiger partial charge is 0.226 e. The zero-order chi connectivity index (χ0) is 17.4. The van der Waals surface area contributed by atoms with Gasteiger partial charge in [-0.05, 0) is 31.9 Å². The van der Waals surface area contributed by atoms with E-state index in [1.165, 1.54) is 0 Å². The number of rotatable bonds is 4. The molecule has 128 valence electrons. The van der Waals surface area contributed by atoms with Crippen LogP contribution in [0, 0.1) is 13.8 Å². The predicted octanol–water partition coefficient (Wildman–Crippen LogP) is 3.41. The SMILES string of the molecule is Cc1cc(C)n(CC[C@H]2CC(=O)Nc3n[nH]c(-c4ccccc4)c32)n1. The Morgan fingerprint density at radius 2 is 2.04 bits per heavy atom. The topological polar surface area (TPSA) is 75.6 Å². The molecule has 0 bridgehead atoms. The van der Waals surface area contributed by atoms with Gasteiger partial charge in [-0.3, -0.25) is 14.6 Å². The molecule has 0 aliphatic carbocycles. The highest BCUT2D eigenvalue weighted by Crippen LogP contribution is 2.39. The van der Waals surface area contributed by atoms with Gasteiger partial charge in [0.15, 0.2) is 5.82 Å². The summed E-state index contributed by atoms with van der Waals surface area (Å²) in [4.78, 5) is 12.1. The van der Waals surface area contributed by atoms with Crippen molar-refractivity contribution in [2.75, 3.05) is 5.32 Å². The van der Waals surface area contributed by atoms with Crippen LogP contribution in [0.25, 0.3) is 11.3 Å². The first-order chi connectivity index (χ1) is 12.1. The molecule has 25 heavy (non-hydrogen) atoms. The number of aromatic nitrogens is 4. The van der Waals surface area contributed by atoms with Gasteiger partial charge in [-0.15, -0.1) is 0 Å². The molecular formula is C19H21N5O. The van der Waals surface area contributed by atoms with E-state index in [0.29, 0.717) is 12.2 Å². The van der Waals surface area contributed by atoms with Crippen LogP contribution in [0.1, 0.15) is 35.7 Å². The zero-order valence-corrected chi connectivity index (χ0v) is 14.4. The van der Waals surface area contributed by atoms with Crippen molar-refractivity contribution in [2.24, 2.45) is 0 Å². The lowest BCUT2D eigenvalue weighted by atomic mass is 9.87. The van der Waals surface area contributed by atoms with Crippen molar-refractivity contribution in [1.29, 1.82) is 0 Å². The first-order valence-electron chi connectivity index (χ1n) is 8.56. The summed E-state index contributed by atoms with van der Waals surface area (Å²) in [7, 11) is 0. The summed E-state index contributed by atoms with van der Waals surface area (Å²) >= 11 is 0. The number of carbonyl (C=O) groups is 1. The van der Waals surface area contributed by atoms with Crippen molar-refractivity contribution in [2.45, 2.75) is 39.2 Å². The van der Waals surface area contributed by atoms with Crippen LogP contribution in [0.5, 0.6) is 0 Å². The van der Waals surface area contributed by atoms with Gasteiger partial charge in [0.1, 0.15) is 0 Å². The molecule has 2 N–H and O–H groups in total. The number of carbonyl (C=O) groups excluding carboxylic acids is 1. The maximum Gasteiger partial charge on any atom is 0.226 e. The second-order valence-electron chi connectivity index (χ2n) is 6.62. The quantitative estimate of drug-likeness (QED) is 0.767. The number of nitrogens with zero attached hydrogens (tertiary/aromatic N) is 3. The number of anilines is 1. The number of benzene rings is 1. The molecule has 1 atom stereocenters. The van der Waals surface area contributed by atoms with Crippen molar-refractivity contribution in [3.05, 3.63) is 53.3 Å². The second-order valence-corrected chi connectivity index (χ2v) is 6.62. The van der Waals surface area contributed by atoms with E-state index in [1.807, 2.05) is 29.8 Å². The minimum absolute atomic E-state index is 0.0250. The number of fused-ring (bicyclic) bond motifs is 1. The monoisotopic (exact) mass is 335 g/mol. The van der Waals surface area contributed by atoms with E-state index in [4.69, 9.17) is 0 Å². The van der Waals surface area contributed by atoms with E-state index in [1.54, 1.807) is 0 Å². The summed E-state index contributed by atoms with van der Waals surface area (Å²) < 4.78 is 2.02. The van der Waals surface area contributed by atoms with Crippen LogP contribution in [0.3, 0.4) is 0 Å². The van der Waals surface area contributed by atoms with Gasteiger partial charge in [0.25, 0.3) is 0 Å². The summed E-state index contributed by atoms with van der Waals surface area (Å²) in [6.07, 6.45) is 1.33. The van der Waals surface area contributed by atoms with Crippen LogP contribution in [-0.4, -0.2) is 25.9 Å². The molecule has 6 nitrogen and oxygen atoms in total. The summed E-state index contributed by atoms with van der Waals surface area (Å²) in [5.74, 6) is 0.812. The normalized spacial score (nSPS) is 16.6. The fraction of sp³-hybridized carbons (Fsp3) is 0.316. The molecule has 2 aromatic heterocycles. The number of aryl methyl sites for hydroxylation is 3. The van der Waals surface area contributed by atoms with E-state index >= 15 is 0 Å².